The number of para-hydroxylation sites is 1. The van der Waals surface area contributed by atoms with E-state index in [0.29, 0.717) is 0 Å². The second-order valence-electron chi connectivity index (χ2n) is 5.02. The molecule has 2 aromatic rings. The van der Waals surface area contributed by atoms with Gasteiger partial charge in [0.15, 0.2) is 9.84 Å². The normalized spacial score (nSPS) is 14.6. The number of ketones is 2. The van der Waals surface area contributed by atoms with Gasteiger partial charge in [0, 0.05) is 12.5 Å². The van der Waals surface area contributed by atoms with E-state index in [2.05, 4.69) is 15.3 Å². The van der Waals surface area contributed by atoms with Gasteiger partial charge in [-0.05, 0) is 12.1 Å². The van der Waals surface area contributed by atoms with Gasteiger partial charge < -0.3 is 5.32 Å². The van der Waals surface area contributed by atoms with Crippen molar-refractivity contribution in [1.29, 1.82) is 0 Å². The van der Waals surface area contributed by atoms with Crippen LogP contribution in [0.25, 0.3) is 0 Å². The van der Waals surface area contributed by atoms with E-state index in [1.807, 2.05) is 0 Å². The molecule has 0 spiro atoms. The first-order valence-electron chi connectivity index (χ1n) is 6.66. The molecule has 1 N–H and O–H groups in total. The summed E-state index contributed by atoms with van der Waals surface area (Å²) < 4.78 is 37.9. The third-order valence-corrected chi connectivity index (χ3v) is 4.47. The summed E-state index contributed by atoms with van der Waals surface area (Å²) in [6.45, 7) is 0. The number of Topliss-reactive ketones (excluding diaryl/α,β-unsaturated/α-hetero) is 2. The van der Waals surface area contributed by atoms with Crippen molar-refractivity contribution in [1.82, 2.24) is 9.97 Å². The molecule has 3 rings (SSSR count). The zero-order valence-corrected chi connectivity index (χ0v) is 13.1. The van der Waals surface area contributed by atoms with Gasteiger partial charge >= 0.3 is 0 Å². The first kappa shape index (κ1) is 15.9. The minimum atomic E-state index is -4.07. The smallest absolute Gasteiger partial charge is 0.225 e. The highest BCUT2D eigenvalue weighted by atomic mass is 32.2. The number of aromatic nitrogens is 2. The number of nitrogens with zero attached hydrogens (tertiary/aromatic N) is 2. The predicted octanol–water partition coefficient (Wildman–Crippen LogP) is 1.36. The standard InChI is InChI=1S/C15H10FN3O4S/c1-24(22,23)15-12(19-10-5-3-2-4-9(10)16)13(20)8-6-17-7-18-11(8)14(15)21/h2-7,19H,1H3. The fraction of sp³-hybridized carbons (Fsp3) is 0.0667. The zero-order chi connectivity index (χ0) is 17.5. The predicted molar refractivity (Wildman–Crippen MR) is 82.6 cm³/mol. The van der Waals surface area contributed by atoms with Crippen LogP contribution in [0.5, 0.6) is 0 Å². The van der Waals surface area contributed by atoms with Gasteiger partial charge in [0.2, 0.25) is 11.6 Å². The summed E-state index contributed by atoms with van der Waals surface area (Å²) in [7, 11) is -4.07. The molecular weight excluding hydrogens is 337 g/mol. The Hall–Kier alpha value is -2.94. The number of hydrogen-bond donors (Lipinski definition) is 1. The molecule has 0 amide bonds. The van der Waals surface area contributed by atoms with Gasteiger partial charge in [-0.15, -0.1) is 0 Å². The van der Waals surface area contributed by atoms with Crippen LogP contribution < -0.4 is 5.32 Å². The van der Waals surface area contributed by atoms with E-state index in [0.717, 1.165) is 24.8 Å². The Balaban J connectivity index is 2.24. The van der Waals surface area contributed by atoms with Crippen LogP contribution in [0.3, 0.4) is 0 Å². The molecule has 0 bridgehead atoms. The second kappa shape index (κ2) is 5.60. The van der Waals surface area contributed by atoms with Crippen LogP contribution in [0.15, 0.2) is 47.4 Å². The van der Waals surface area contributed by atoms with E-state index in [4.69, 9.17) is 0 Å². The van der Waals surface area contributed by atoms with Crippen molar-refractivity contribution in [3.8, 4) is 0 Å². The molecule has 0 fully saturated rings. The van der Waals surface area contributed by atoms with E-state index >= 15 is 0 Å². The Bertz CT molecular complexity index is 1010. The lowest BCUT2D eigenvalue weighted by atomic mass is 9.98. The number of anilines is 1. The number of rotatable bonds is 3. The Morgan fingerprint density at radius 3 is 2.50 bits per heavy atom. The molecule has 24 heavy (non-hydrogen) atoms. The maximum atomic E-state index is 13.8. The van der Waals surface area contributed by atoms with Crippen LogP contribution in [0, 0.1) is 5.82 Å². The number of fused-ring (bicyclic) bond motifs is 1. The molecule has 0 radical (unpaired) electrons. The van der Waals surface area contributed by atoms with Crippen LogP contribution in [0.2, 0.25) is 0 Å². The van der Waals surface area contributed by atoms with Crippen molar-refractivity contribution in [2.24, 2.45) is 0 Å². The number of benzene rings is 1. The van der Waals surface area contributed by atoms with Gasteiger partial charge in [-0.2, -0.15) is 0 Å². The molecule has 0 unspecified atom stereocenters. The van der Waals surface area contributed by atoms with Gasteiger partial charge in [-0.3, -0.25) is 9.59 Å². The van der Waals surface area contributed by atoms with Crippen molar-refractivity contribution >= 4 is 27.1 Å². The molecule has 9 heteroatoms. The van der Waals surface area contributed by atoms with Gasteiger partial charge in [0.1, 0.15) is 28.4 Å². The summed E-state index contributed by atoms with van der Waals surface area (Å²) in [5.41, 5.74) is -1.09. The molecule has 1 aliphatic rings. The van der Waals surface area contributed by atoms with Crippen LogP contribution in [-0.4, -0.2) is 36.2 Å². The average Bonchev–Trinajstić information content (AvgIpc) is 2.53. The Morgan fingerprint density at radius 1 is 1.12 bits per heavy atom. The number of sulfone groups is 1. The fourth-order valence-corrected chi connectivity index (χ4v) is 3.25. The maximum Gasteiger partial charge on any atom is 0.225 e. The third kappa shape index (κ3) is 2.58. The summed E-state index contributed by atoms with van der Waals surface area (Å²) in [6.07, 6.45) is 2.95. The van der Waals surface area contributed by atoms with Crippen molar-refractivity contribution in [3.05, 3.63) is 64.5 Å². The minimum absolute atomic E-state index is 0.130. The minimum Gasteiger partial charge on any atom is -0.349 e. The van der Waals surface area contributed by atoms with Crippen LogP contribution in [-0.2, 0) is 9.84 Å². The monoisotopic (exact) mass is 347 g/mol. The number of halogens is 1. The molecule has 1 aromatic carbocycles. The highest BCUT2D eigenvalue weighted by molar-refractivity contribution is 7.95. The van der Waals surface area contributed by atoms with Gasteiger partial charge in [0.25, 0.3) is 0 Å². The van der Waals surface area contributed by atoms with Crippen molar-refractivity contribution in [2.75, 3.05) is 11.6 Å². The lowest BCUT2D eigenvalue weighted by molar-refractivity contribution is 0.0977. The van der Waals surface area contributed by atoms with Crippen molar-refractivity contribution in [2.45, 2.75) is 0 Å². The molecule has 0 aliphatic heterocycles. The summed E-state index contributed by atoms with van der Waals surface area (Å²) in [5, 5.41) is 2.43. The summed E-state index contributed by atoms with van der Waals surface area (Å²) in [6, 6.07) is 5.38. The highest BCUT2D eigenvalue weighted by Crippen LogP contribution is 2.29. The summed E-state index contributed by atoms with van der Waals surface area (Å²) in [5.74, 6) is -2.43. The molecule has 0 atom stereocenters. The van der Waals surface area contributed by atoms with E-state index in [1.165, 1.54) is 18.2 Å². The van der Waals surface area contributed by atoms with E-state index in [-0.39, 0.29) is 16.9 Å². The summed E-state index contributed by atoms with van der Waals surface area (Å²) >= 11 is 0. The zero-order valence-electron chi connectivity index (χ0n) is 12.3. The molecular formula is C15H10FN3O4S. The fourth-order valence-electron chi connectivity index (χ4n) is 2.30. The lowest BCUT2D eigenvalue weighted by Gasteiger charge is -2.20. The first-order chi connectivity index (χ1) is 11.3. The van der Waals surface area contributed by atoms with E-state index in [1.54, 1.807) is 0 Å². The Kier molecular flexibility index (Phi) is 3.72. The largest absolute Gasteiger partial charge is 0.349 e. The van der Waals surface area contributed by atoms with Gasteiger partial charge in [-0.25, -0.2) is 22.8 Å². The molecule has 1 aliphatic carbocycles. The number of hydrogen-bond acceptors (Lipinski definition) is 7. The average molecular weight is 347 g/mol. The van der Waals surface area contributed by atoms with E-state index in [9.17, 15) is 22.4 Å². The van der Waals surface area contributed by atoms with Crippen molar-refractivity contribution in [3.63, 3.8) is 0 Å². The number of carbonyl (C=O) groups excluding carboxylic acids is 2. The molecule has 7 nitrogen and oxygen atoms in total. The molecule has 1 heterocycles. The highest BCUT2D eigenvalue weighted by Gasteiger charge is 2.38. The third-order valence-electron chi connectivity index (χ3n) is 3.34. The van der Waals surface area contributed by atoms with Crippen molar-refractivity contribution < 1.29 is 22.4 Å². The number of nitrogens with one attached hydrogen (secondary N) is 1. The molecule has 1 aromatic heterocycles. The van der Waals surface area contributed by atoms with Gasteiger partial charge in [0.05, 0.1) is 11.3 Å². The first-order valence-corrected chi connectivity index (χ1v) is 8.55. The summed E-state index contributed by atoms with van der Waals surface area (Å²) in [4.78, 5) is 31.7. The van der Waals surface area contributed by atoms with Crippen LogP contribution in [0.4, 0.5) is 10.1 Å². The van der Waals surface area contributed by atoms with Crippen LogP contribution >= 0.6 is 0 Å². The quantitative estimate of drug-likeness (QED) is 0.893. The second-order valence-corrected chi connectivity index (χ2v) is 6.98. The number of carbonyl (C=O) groups is 2. The Morgan fingerprint density at radius 2 is 1.83 bits per heavy atom. The topological polar surface area (TPSA) is 106 Å². The molecule has 0 saturated heterocycles. The van der Waals surface area contributed by atoms with E-state index < -0.39 is 37.8 Å². The Labute approximate surface area is 136 Å². The maximum absolute atomic E-state index is 13.8. The van der Waals surface area contributed by atoms with Gasteiger partial charge in [-0.1, -0.05) is 12.1 Å². The number of allylic oxidation sites excluding steroid dienone is 2. The van der Waals surface area contributed by atoms with Crippen LogP contribution in [0.1, 0.15) is 20.8 Å². The SMILES string of the molecule is CS(=O)(=O)C1=C(Nc2ccccc2F)C(=O)c2cncnc2C1=O. The lowest BCUT2D eigenvalue weighted by Crippen LogP contribution is -2.30. The molecule has 0 saturated carbocycles. The molecule has 122 valence electrons.